The monoisotopic (exact) mass is 932 g/mol. The number of urea groups is 1. The number of anilines is 4. The summed E-state index contributed by atoms with van der Waals surface area (Å²) in [6, 6.07) is 12.4. The van der Waals surface area contributed by atoms with Gasteiger partial charge in [-0.25, -0.2) is 4.79 Å². The lowest BCUT2D eigenvalue weighted by Gasteiger charge is -2.18. The topological polar surface area (TPSA) is 360 Å². The molecule has 0 unspecified atom stereocenters. The van der Waals surface area contributed by atoms with Gasteiger partial charge in [-0.1, -0.05) is 0 Å². The van der Waals surface area contributed by atoms with Crippen molar-refractivity contribution < 1.29 is 75.7 Å². The van der Waals surface area contributed by atoms with E-state index in [1.54, 1.807) is 0 Å². The highest BCUT2D eigenvalue weighted by molar-refractivity contribution is 7.91. The fraction of sp³-hybridized carbons (Fsp3) is 0.0571. The van der Waals surface area contributed by atoms with Gasteiger partial charge in [0.05, 0.1) is 35.4 Å². The van der Waals surface area contributed by atoms with Gasteiger partial charge in [-0.05, 0) is 83.9 Å². The van der Waals surface area contributed by atoms with Crippen molar-refractivity contribution in [3.63, 3.8) is 0 Å². The van der Waals surface area contributed by atoms with E-state index in [2.05, 4.69) is 31.7 Å². The first kappa shape index (κ1) is 44.7. The predicted molar refractivity (Wildman–Crippen MR) is 221 cm³/mol. The molecule has 324 valence electrons. The fourth-order valence-electron chi connectivity index (χ4n) is 5.81. The van der Waals surface area contributed by atoms with Crippen LogP contribution >= 0.6 is 0 Å². The van der Waals surface area contributed by atoms with Gasteiger partial charge in [0, 0.05) is 34.6 Å². The number of methoxy groups -OCH3 is 2. The summed E-state index contributed by atoms with van der Waals surface area (Å²) in [4.78, 5) is 37.0. The quantitative estimate of drug-likeness (QED) is 0.0742. The van der Waals surface area contributed by atoms with Crippen LogP contribution in [-0.2, 0) is 40.5 Å². The number of allylic oxidation sites excluding steroid dienone is 2. The first-order valence-corrected chi connectivity index (χ1v) is 22.5. The first-order chi connectivity index (χ1) is 28.9. The van der Waals surface area contributed by atoms with Gasteiger partial charge in [-0.2, -0.15) is 43.9 Å². The largest absolute Gasteiger partial charge is 0.494 e. The molecule has 2 aliphatic rings. The van der Waals surface area contributed by atoms with Crippen LogP contribution in [0.15, 0.2) is 103 Å². The molecule has 4 aromatic carbocycles. The third kappa shape index (κ3) is 9.53. The number of nitrogens with zero attached hydrogens (tertiary/aromatic N) is 2. The van der Waals surface area contributed by atoms with E-state index in [0.717, 1.165) is 62.8 Å². The third-order valence-corrected chi connectivity index (χ3v) is 12.1. The highest BCUT2D eigenvalue weighted by Gasteiger charge is 2.35. The lowest BCUT2D eigenvalue weighted by Crippen LogP contribution is -2.27. The highest BCUT2D eigenvalue weighted by atomic mass is 32.2. The number of amides is 2. The van der Waals surface area contributed by atoms with Crippen molar-refractivity contribution >= 4 is 104 Å². The Kier molecular flexibility index (Phi) is 11.9. The Bertz CT molecular complexity index is 3000. The Morgan fingerprint density at radius 3 is 1.23 bits per heavy atom. The van der Waals surface area contributed by atoms with Crippen molar-refractivity contribution in [1.82, 2.24) is 0 Å². The van der Waals surface area contributed by atoms with Crippen LogP contribution in [0, 0.1) is 0 Å². The van der Waals surface area contributed by atoms with Crippen LogP contribution in [0.1, 0.15) is 31.8 Å². The lowest BCUT2D eigenvalue weighted by molar-refractivity contribution is 0.105. The van der Waals surface area contributed by atoms with E-state index in [9.17, 15) is 66.3 Å². The number of carbonyl (C=O) groups is 3. The molecule has 0 bridgehead atoms. The number of Topliss-reactive ketones (excluding diaryl/α,β-unsaturated/α-hetero) is 2. The SMILES string of the molecule is COc1cc(S(=O)(=O)O)ccc1NN=C1C(=O)c2ccc(NC(=O)Nc3ccc4c(c3)C=C(S(=O)(=O)O)C(=NNc3ccc(S(=O)(=O)O)cc3OC)C4=O)cc2C=C1S(=O)(=O)O. The normalized spacial score (nSPS) is 15.5. The predicted octanol–water partition coefficient (Wildman–Crippen LogP) is 3.63. The van der Waals surface area contributed by atoms with Crippen molar-refractivity contribution in [3.8, 4) is 11.5 Å². The molecular formula is C35H28N6O17S4. The summed E-state index contributed by atoms with van der Waals surface area (Å²) in [6.07, 6.45) is 1.80. The number of ketones is 2. The molecule has 0 fully saturated rings. The molecule has 0 saturated carbocycles. The summed E-state index contributed by atoms with van der Waals surface area (Å²) in [6.45, 7) is 0. The van der Waals surface area contributed by atoms with Gasteiger partial charge < -0.3 is 20.1 Å². The van der Waals surface area contributed by atoms with E-state index in [1.165, 1.54) is 36.4 Å². The van der Waals surface area contributed by atoms with Crippen LogP contribution in [0.25, 0.3) is 12.2 Å². The van der Waals surface area contributed by atoms with E-state index in [4.69, 9.17) is 9.47 Å². The molecule has 27 heteroatoms. The smallest absolute Gasteiger partial charge is 0.323 e. The third-order valence-electron chi connectivity index (χ3n) is 8.65. The van der Waals surface area contributed by atoms with Gasteiger partial charge in [-0.3, -0.25) is 38.7 Å². The second-order valence-corrected chi connectivity index (χ2v) is 18.3. The number of benzene rings is 4. The molecule has 23 nitrogen and oxygen atoms in total. The van der Waals surface area contributed by atoms with Crippen molar-refractivity contribution in [1.29, 1.82) is 0 Å². The van der Waals surface area contributed by atoms with Crippen molar-refractivity contribution in [3.05, 3.63) is 105 Å². The maximum absolute atomic E-state index is 13.5. The zero-order valence-electron chi connectivity index (χ0n) is 31.2. The number of hydrogen-bond donors (Lipinski definition) is 8. The number of hydrogen-bond acceptors (Lipinski definition) is 17. The van der Waals surface area contributed by atoms with Gasteiger partial charge in [0.15, 0.2) is 11.4 Å². The minimum absolute atomic E-state index is 0.00136. The van der Waals surface area contributed by atoms with Crippen LogP contribution in [0.2, 0.25) is 0 Å². The van der Waals surface area contributed by atoms with Crippen LogP contribution in [0.5, 0.6) is 11.5 Å². The number of fused-ring (bicyclic) bond motifs is 2. The molecule has 62 heavy (non-hydrogen) atoms. The summed E-state index contributed by atoms with van der Waals surface area (Å²) < 4.78 is 144. The average Bonchev–Trinajstić information content (AvgIpc) is 3.18. The Balaban J connectivity index is 1.22. The number of hydrazone groups is 2. The molecule has 2 amide bonds. The summed E-state index contributed by atoms with van der Waals surface area (Å²) in [5, 5.41) is 12.6. The molecule has 2 aliphatic carbocycles. The summed E-state index contributed by atoms with van der Waals surface area (Å²) in [5.74, 6) is -2.34. The summed E-state index contributed by atoms with van der Waals surface area (Å²) in [5.41, 5.74) is 2.67. The van der Waals surface area contributed by atoms with E-state index < -0.39 is 89.1 Å². The van der Waals surface area contributed by atoms with Crippen molar-refractivity contribution in [2.75, 3.05) is 35.7 Å². The molecule has 6 rings (SSSR count). The standard InChI is InChI=1S/C35H28N6O17S4/c1-57-27-15-21(59(45,46)47)5-9-25(27)38-40-31-29(61(51,52)53)13-17-11-19(3-7-23(17)33(31)42)36-35(44)37-20-4-8-24-18(12-20)14-30(62(54,55)56)32(34(24)43)41-39-26-10-6-22(60(48,49)50)16-28(26)58-2/h3-16,38-39H,1-2H3,(H2,36,37,44)(H,45,46,47)(H,48,49,50)(H,51,52,53)(H,54,55,56). The number of rotatable bonds is 12. The molecule has 0 aliphatic heterocycles. The second-order valence-electron chi connectivity index (χ2n) is 12.6. The summed E-state index contributed by atoms with van der Waals surface area (Å²) >= 11 is 0. The number of carbonyl (C=O) groups excluding carboxylic acids is 3. The average molecular weight is 933 g/mol. The van der Waals surface area contributed by atoms with Crippen LogP contribution in [0.4, 0.5) is 27.5 Å². The van der Waals surface area contributed by atoms with Crippen LogP contribution in [0.3, 0.4) is 0 Å². The van der Waals surface area contributed by atoms with Crippen molar-refractivity contribution in [2.24, 2.45) is 10.2 Å². The molecule has 0 atom stereocenters. The minimum atomic E-state index is -5.12. The summed E-state index contributed by atoms with van der Waals surface area (Å²) in [7, 11) is -17.2. The van der Waals surface area contributed by atoms with E-state index in [1.807, 2.05) is 0 Å². The first-order valence-electron chi connectivity index (χ1n) is 16.7. The molecule has 0 saturated heterocycles. The zero-order valence-corrected chi connectivity index (χ0v) is 34.5. The van der Waals surface area contributed by atoms with Crippen LogP contribution in [-0.4, -0.2) is 95.1 Å². The fourth-order valence-corrected chi connectivity index (χ4v) is 8.12. The van der Waals surface area contributed by atoms with E-state index in [-0.39, 0.29) is 56.5 Å². The van der Waals surface area contributed by atoms with Gasteiger partial charge >= 0.3 is 6.03 Å². The number of nitrogens with one attached hydrogen (secondary N) is 4. The molecule has 8 N–H and O–H groups in total. The van der Waals surface area contributed by atoms with Gasteiger partial charge in [-0.15, -0.1) is 0 Å². The zero-order chi connectivity index (χ0) is 45.5. The molecule has 0 radical (unpaired) electrons. The van der Waals surface area contributed by atoms with Gasteiger partial charge in [0.2, 0.25) is 11.6 Å². The second kappa shape index (κ2) is 16.5. The Labute approximate surface area is 350 Å². The molecule has 0 aromatic heterocycles. The van der Waals surface area contributed by atoms with Crippen molar-refractivity contribution in [2.45, 2.75) is 9.79 Å². The molecule has 0 spiro atoms. The Morgan fingerprint density at radius 1 is 0.532 bits per heavy atom. The van der Waals surface area contributed by atoms with Gasteiger partial charge in [0.25, 0.3) is 40.5 Å². The number of ether oxygens (including phenoxy) is 2. The molecule has 4 aromatic rings. The lowest BCUT2D eigenvalue weighted by atomic mass is 9.94. The van der Waals surface area contributed by atoms with Gasteiger partial charge in [0.1, 0.15) is 21.3 Å². The Hall–Kier alpha value is -6.85. The molecule has 0 heterocycles. The highest BCUT2D eigenvalue weighted by Crippen LogP contribution is 2.33. The van der Waals surface area contributed by atoms with E-state index in [0.29, 0.717) is 0 Å². The minimum Gasteiger partial charge on any atom is -0.494 e. The Morgan fingerprint density at radius 2 is 0.903 bits per heavy atom. The van der Waals surface area contributed by atoms with Crippen LogP contribution < -0.4 is 31.0 Å². The maximum Gasteiger partial charge on any atom is 0.323 e. The molecular weight excluding hydrogens is 905 g/mol. The maximum atomic E-state index is 13.5. The van der Waals surface area contributed by atoms with E-state index >= 15 is 0 Å².